The van der Waals surface area contributed by atoms with Crippen molar-refractivity contribution in [3.05, 3.63) is 0 Å². The highest BCUT2D eigenvalue weighted by Crippen LogP contribution is 2.28. The molecule has 0 aromatic heterocycles. The second-order valence-electron chi connectivity index (χ2n) is 7.17. The van der Waals surface area contributed by atoms with Gasteiger partial charge in [0, 0.05) is 0 Å². The molecule has 0 fully saturated rings. The summed E-state index contributed by atoms with van der Waals surface area (Å²) in [6, 6.07) is 0. The number of carbonyl (C=O) groups is 1. The largest absolute Gasteiger partial charge is 0.446 e. The normalized spacial score (nSPS) is 18.3. The highest BCUT2D eigenvalue weighted by Gasteiger charge is 2.23. The molecule has 0 heterocycles. The van der Waals surface area contributed by atoms with E-state index in [2.05, 4.69) is 41.5 Å². The van der Waals surface area contributed by atoms with E-state index >= 15 is 0 Å². The van der Waals surface area contributed by atoms with Gasteiger partial charge in [-0.25, -0.2) is 4.79 Å². The van der Waals surface area contributed by atoms with Crippen molar-refractivity contribution in [2.45, 2.75) is 92.6 Å². The van der Waals surface area contributed by atoms with Crippen LogP contribution in [-0.2, 0) is 4.74 Å². The number of hydrogen-bond donors (Lipinski definition) is 1. The fraction of sp³-hybridized carbons (Fsp3) is 0.947. The lowest BCUT2D eigenvalue weighted by molar-refractivity contribution is 0.0703. The van der Waals surface area contributed by atoms with Gasteiger partial charge in [-0.2, -0.15) is 0 Å². The summed E-state index contributed by atoms with van der Waals surface area (Å²) < 4.78 is 5.41. The van der Waals surface area contributed by atoms with Gasteiger partial charge in [-0.15, -0.1) is 0 Å². The Hall–Kier alpha value is -0.730. The molecule has 3 heteroatoms. The number of ether oxygens (including phenoxy) is 1. The smallest absolute Gasteiger partial charge is 0.404 e. The minimum absolute atomic E-state index is 0.0206. The molecule has 22 heavy (non-hydrogen) atoms. The second-order valence-corrected chi connectivity index (χ2v) is 7.17. The summed E-state index contributed by atoms with van der Waals surface area (Å²) in [5.74, 6) is 2.68. The van der Waals surface area contributed by atoms with Gasteiger partial charge in [0.25, 0.3) is 0 Å². The maximum Gasteiger partial charge on any atom is 0.404 e. The fourth-order valence-electron chi connectivity index (χ4n) is 3.33. The molecule has 0 aliphatic heterocycles. The summed E-state index contributed by atoms with van der Waals surface area (Å²) in [6.07, 6.45) is 7.16. The molecule has 3 nitrogen and oxygen atoms in total. The minimum atomic E-state index is -0.627. The molecule has 0 aliphatic rings. The maximum absolute atomic E-state index is 11.2. The SMILES string of the molecule is CCCC(C)C(C)CCC(CC(CC)C(C)CC)OC(N)=O. The highest BCUT2D eigenvalue weighted by molar-refractivity contribution is 5.64. The Kier molecular flexibility index (Phi) is 11.4. The molecule has 5 unspecified atom stereocenters. The third kappa shape index (κ3) is 8.65. The standard InChI is InChI=1S/C19H39NO2/c1-7-10-15(5)16(6)11-12-18(22-19(20)21)13-17(9-3)14(4)8-2/h14-18H,7-13H2,1-6H3,(H2,20,21). The van der Waals surface area contributed by atoms with Crippen molar-refractivity contribution in [2.24, 2.45) is 29.4 Å². The van der Waals surface area contributed by atoms with Gasteiger partial charge in [0.2, 0.25) is 0 Å². The van der Waals surface area contributed by atoms with Gasteiger partial charge in [0.15, 0.2) is 0 Å². The highest BCUT2D eigenvalue weighted by atomic mass is 16.6. The van der Waals surface area contributed by atoms with E-state index in [4.69, 9.17) is 10.5 Å². The van der Waals surface area contributed by atoms with Crippen molar-refractivity contribution in [2.75, 3.05) is 0 Å². The summed E-state index contributed by atoms with van der Waals surface area (Å²) in [5, 5.41) is 0. The third-order valence-corrected chi connectivity index (χ3v) is 5.48. The quantitative estimate of drug-likeness (QED) is 0.497. The molecule has 1 amide bonds. The van der Waals surface area contributed by atoms with Crippen LogP contribution in [0.1, 0.15) is 86.5 Å². The van der Waals surface area contributed by atoms with Crippen molar-refractivity contribution in [3.63, 3.8) is 0 Å². The fourth-order valence-corrected chi connectivity index (χ4v) is 3.33. The van der Waals surface area contributed by atoms with E-state index in [1.807, 2.05) is 0 Å². The predicted octanol–water partition coefficient (Wildman–Crippen LogP) is 5.77. The van der Waals surface area contributed by atoms with Crippen LogP contribution in [0.4, 0.5) is 4.79 Å². The van der Waals surface area contributed by atoms with E-state index in [0.29, 0.717) is 17.8 Å². The molecule has 5 atom stereocenters. The Morgan fingerprint density at radius 1 is 0.909 bits per heavy atom. The molecule has 0 radical (unpaired) electrons. The van der Waals surface area contributed by atoms with Gasteiger partial charge < -0.3 is 10.5 Å². The molecule has 2 N–H and O–H groups in total. The maximum atomic E-state index is 11.2. The van der Waals surface area contributed by atoms with Gasteiger partial charge in [-0.1, -0.05) is 67.2 Å². The van der Waals surface area contributed by atoms with Crippen LogP contribution in [0.15, 0.2) is 0 Å². The molecular weight excluding hydrogens is 274 g/mol. The molecule has 0 aromatic carbocycles. The molecule has 132 valence electrons. The summed E-state index contributed by atoms with van der Waals surface area (Å²) >= 11 is 0. The lowest BCUT2D eigenvalue weighted by atomic mass is 9.82. The van der Waals surface area contributed by atoms with Crippen molar-refractivity contribution in [1.29, 1.82) is 0 Å². The van der Waals surface area contributed by atoms with Crippen LogP contribution >= 0.6 is 0 Å². The summed E-state index contributed by atoms with van der Waals surface area (Å²) in [4.78, 5) is 11.2. The predicted molar refractivity (Wildman–Crippen MR) is 94.8 cm³/mol. The molecule has 0 saturated heterocycles. The first kappa shape index (κ1) is 21.3. The van der Waals surface area contributed by atoms with Gasteiger partial charge in [-0.3, -0.25) is 0 Å². The van der Waals surface area contributed by atoms with Gasteiger partial charge >= 0.3 is 6.09 Å². The van der Waals surface area contributed by atoms with Crippen LogP contribution in [-0.4, -0.2) is 12.2 Å². The van der Waals surface area contributed by atoms with Gasteiger partial charge in [0.1, 0.15) is 6.10 Å². The van der Waals surface area contributed by atoms with E-state index < -0.39 is 6.09 Å². The molecule has 0 bridgehead atoms. The van der Waals surface area contributed by atoms with Crippen molar-refractivity contribution in [1.82, 2.24) is 0 Å². The van der Waals surface area contributed by atoms with Crippen molar-refractivity contribution >= 4 is 6.09 Å². The van der Waals surface area contributed by atoms with Crippen LogP contribution in [0, 0.1) is 23.7 Å². The van der Waals surface area contributed by atoms with Crippen molar-refractivity contribution < 1.29 is 9.53 Å². The zero-order valence-corrected chi connectivity index (χ0v) is 15.7. The Morgan fingerprint density at radius 3 is 1.95 bits per heavy atom. The number of primary amides is 1. The average Bonchev–Trinajstić information content (AvgIpc) is 2.48. The lowest BCUT2D eigenvalue weighted by Crippen LogP contribution is -2.27. The number of amides is 1. The first-order valence-corrected chi connectivity index (χ1v) is 9.31. The monoisotopic (exact) mass is 313 g/mol. The molecule has 0 aromatic rings. The van der Waals surface area contributed by atoms with E-state index in [0.717, 1.165) is 31.6 Å². The summed E-state index contributed by atoms with van der Waals surface area (Å²) in [6.45, 7) is 13.6. The van der Waals surface area contributed by atoms with Gasteiger partial charge in [0.05, 0.1) is 0 Å². The first-order valence-electron chi connectivity index (χ1n) is 9.31. The molecular formula is C19H39NO2. The van der Waals surface area contributed by atoms with Crippen LogP contribution in [0.2, 0.25) is 0 Å². The zero-order valence-electron chi connectivity index (χ0n) is 15.7. The average molecular weight is 314 g/mol. The minimum Gasteiger partial charge on any atom is -0.446 e. The van der Waals surface area contributed by atoms with Crippen molar-refractivity contribution in [3.8, 4) is 0 Å². The van der Waals surface area contributed by atoms with Crippen LogP contribution in [0.3, 0.4) is 0 Å². The molecule has 0 spiro atoms. The summed E-state index contributed by atoms with van der Waals surface area (Å²) in [5.41, 5.74) is 5.27. The first-order chi connectivity index (χ1) is 10.3. The number of rotatable bonds is 12. The van der Waals surface area contributed by atoms with E-state index in [1.165, 1.54) is 19.3 Å². The number of hydrogen-bond acceptors (Lipinski definition) is 2. The summed E-state index contributed by atoms with van der Waals surface area (Å²) in [7, 11) is 0. The van der Waals surface area contributed by atoms with E-state index in [1.54, 1.807) is 0 Å². The Labute approximate surface area is 138 Å². The number of nitrogens with two attached hydrogens (primary N) is 1. The van der Waals surface area contributed by atoms with E-state index in [9.17, 15) is 4.79 Å². The van der Waals surface area contributed by atoms with Crippen LogP contribution in [0.5, 0.6) is 0 Å². The third-order valence-electron chi connectivity index (χ3n) is 5.48. The topological polar surface area (TPSA) is 52.3 Å². The van der Waals surface area contributed by atoms with Crippen LogP contribution < -0.4 is 5.73 Å². The Bertz CT molecular complexity index is 293. The zero-order chi connectivity index (χ0) is 17.1. The van der Waals surface area contributed by atoms with E-state index in [-0.39, 0.29) is 6.10 Å². The molecule has 0 aliphatic carbocycles. The second kappa shape index (κ2) is 11.8. The molecule has 0 saturated carbocycles. The van der Waals surface area contributed by atoms with Crippen LogP contribution in [0.25, 0.3) is 0 Å². The molecule has 0 rings (SSSR count). The lowest BCUT2D eigenvalue weighted by Gasteiger charge is -2.28. The Morgan fingerprint density at radius 2 is 1.50 bits per heavy atom. The number of carbonyl (C=O) groups excluding carboxylic acids is 1. The van der Waals surface area contributed by atoms with Gasteiger partial charge in [-0.05, 0) is 42.9 Å². The Balaban J connectivity index is 4.53.